The Kier molecular flexibility index (Phi) is 3.88. The van der Waals surface area contributed by atoms with Crippen LogP contribution in [0.5, 0.6) is 11.5 Å². The zero-order valence-electron chi connectivity index (χ0n) is 9.31. The lowest BCUT2D eigenvalue weighted by Gasteiger charge is -2.25. The second kappa shape index (κ2) is 5.59. The fourth-order valence-electron chi connectivity index (χ4n) is 1.39. The van der Waals surface area contributed by atoms with Gasteiger partial charge in [-0.3, -0.25) is 20.4 Å². The van der Waals surface area contributed by atoms with Crippen LogP contribution in [0.3, 0.4) is 0 Å². The van der Waals surface area contributed by atoms with Crippen molar-refractivity contribution in [2.24, 2.45) is 0 Å². The van der Waals surface area contributed by atoms with E-state index in [0.717, 1.165) is 0 Å². The smallest absolute Gasteiger partial charge is 0.283 e. The highest BCUT2D eigenvalue weighted by Crippen LogP contribution is 2.30. The third-order valence-electron chi connectivity index (χ3n) is 2.25. The molecule has 2 N–H and O–H groups in total. The van der Waals surface area contributed by atoms with Crippen LogP contribution in [-0.4, -0.2) is 30.4 Å². The van der Waals surface area contributed by atoms with Crippen molar-refractivity contribution < 1.29 is 19.1 Å². The largest absolute Gasteiger partial charge is 0.485 e. The lowest BCUT2D eigenvalue weighted by molar-refractivity contribution is -0.134. The fraction of sp³-hybridized carbons (Fsp3) is 0.273. The normalized spacial score (nSPS) is 16.8. The molecule has 0 spiro atoms. The Hall–Kier alpha value is -1.95. The molecule has 1 aliphatic rings. The molecule has 0 saturated carbocycles. The third kappa shape index (κ3) is 2.84. The third-order valence-corrected chi connectivity index (χ3v) is 2.49. The summed E-state index contributed by atoms with van der Waals surface area (Å²) in [5.74, 6) is -0.144. The number of halogens is 1. The second-order valence-corrected chi connectivity index (χ2v) is 3.80. The molecule has 2 amide bonds. The first-order valence-electron chi connectivity index (χ1n) is 5.24. The zero-order chi connectivity index (χ0) is 13.0. The molecule has 96 valence electrons. The molecule has 1 aliphatic heterocycles. The fourth-order valence-corrected chi connectivity index (χ4v) is 1.46. The van der Waals surface area contributed by atoms with Gasteiger partial charge >= 0.3 is 0 Å². The van der Waals surface area contributed by atoms with Gasteiger partial charge in [-0.1, -0.05) is 12.1 Å². The minimum Gasteiger partial charge on any atom is -0.485 e. The maximum absolute atomic E-state index is 11.7. The predicted molar refractivity (Wildman–Crippen MR) is 63.4 cm³/mol. The van der Waals surface area contributed by atoms with Gasteiger partial charge in [0.25, 0.3) is 11.8 Å². The number of carbonyl (C=O) groups is 2. The quantitative estimate of drug-likeness (QED) is 0.595. The Morgan fingerprint density at radius 2 is 2.00 bits per heavy atom. The van der Waals surface area contributed by atoms with Crippen molar-refractivity contribution in [1.82, 2.24) is 10.9 Å². The number of rotatable bonds is 2. The zero-order valence-corrected chi connectivity index (χ0v) is 10.1. The second-order valence-electron chi connectivity index (χ2n) is 3.54. The Balaban J connectivity index is 1.92. The highest BCUT2D eigenvalue weighted by atomic mass is 35.5. The lowest BCUT2D eigenvalue weighted by Crippen LogP contribution is -2.51. The van der Waals surface area contributed by atoms with E-state index in [1.54, 1.807) is 18.2 Å². The first-order valence-corrected chi connectivity index (χ1v) is 5.77. The number of fused-ring (bicyclic) bond motifs is 1. The molecule has 0 radical (unpaired) electrons. The standard InChI is InChI=1S/C11H11ClN2O4/c12-5-10(15)13-14-11(16)9-6-17-7-3-1-2-4-8(7)18-9/h1-4,9H,5-6H2,(H,13,15)(H,14,16). The van der Waals surface area contributed by atoms with Gasteiger partial charge in [0.1, 0.15) is 12.5 Å². The van der Waals surface area contributed by atoms with E-state index in [1.807, 2.05) is 6.07 Å². The number of hydrazine groups is 1. The predicted octanol–water partition coefficient (Wildman–Crippen LogP) is 0.213. The van der Waals surface area contributed by atoms with Crippen LogP contribution < -0.4 is 20.3 Å². The Bertz CT molecular complexity index is 466. The first-order chi connectivity index (χ1) is 8.70. The summed E-state index contributed by atoms with van der Waals surface area (Å²) in [4.78, 5) is 22.5. The highest BCUT2D eigenvalue weighted by Gasteiger charge is 2.27. The number of hydrogen-bond donors (Lipinski definition) is 2. The molecule has 18 heavy (non-hydrogen) atoms. The molecule has 0 fully saturated rings. The molecule has 1 heterocycles. The van der Waals surface area contributed by atoms with Crippen molar-refractivity contribution >= 4 is 23.4 Å². The van der Waals surface area contributed by atoms with Gasteiger partial charge in [-0.05, 0) is 12.1 Å². The molecule has 0 aromatic heterocycles. The van der Waals surface area contributed by atoms with Crippen LogP contribution in [0.1, 0.15) is 0 Å². The number of benzene rings is 1. The number of para-hydroxylation sites is 2. The Labute approximate surface area is 108 Å². The maximum atomic E-state index is 11.7. The maximum Gasteiger partial charge on any atom is 0.283 e. The number of amides is 2. The molecule has 7 heteroatoms. The van der Waals surface area contributed by atoms with Crippen LogP contribution in [0.15, 0.2) is 24.3 Å². The average Bonchev–Trinajstić information content (AvgIpc) is 2.43. The summed E-state index contributed by atoms with van der Waals surface area (Å²) in [6.45, 7) is 0.0829. The minimum atomic E-state index is -0.810. The molecule has 1 aromatic rings. The summed E-state index contributed by atoms with van der Waals surface area (Å²) in [5.41, 5.74) is 4.35. The molecule has 0 aliphatic carbocycles. The monoisotopic (exact) mass is 270 g/mol. The summed E-state index contributed by atoms with van der Waals surface area (Å²) in [7, 11) is 0. The van der Waals surface area contributed by atoms with E-state index in [-0.39, 0.29) is 12.5 Å². The minimum absolute atomic E-state index is 0.0829. The van der Waals surface area contributed by atoms with E-state index in [2.05, 4.69) is 10.9 Å². The molecule has 1 unspecified atom stereocenters. The first kappa shape index (κ1) is 12.5. The van der Waals surface area contributed by atoms with Gasteiger partial charge in [0.15, 0.2) is 11.5 Å². The van der Waals surface area contributed by atoms with Crippen LogP contribution in [0, 0.1) is 0 Å². The number of hydrogen-bond acceptors (Lipinski definition) is 4. The molecule has 0 bridgehead atoms. The topological polar surface area (TPSA) is 76.7 Å². The van der Waals surface area contributed by atoms with E-state index < -0.39 is 17.9 Å². The van der Waals surface area contributed by atoms with E-state index in [0.29, 0.717) is 11.5 Å². The number of ether oxygens (including phenoxy) is 2. The van der Waals surface area contributed by atoms with Crippen LogP contribution in [-0.2, 0) is 9.59 Å². The lowest BCUT2D eigenvalue weighted by atomic mass is 10.2. The van der Waals surface area contributed by atoms with E-state index >= 15 is 0 Å². The van der Waals surface area contributed by atoms with Crippen molar-refractivity contribution in [2.75, 3.05) is 12.5 Å². The molecule has 1 aromatic carbocycles. The average molecular weight is 271 g/mol. The van der Waals surface area contributed by atoms with Crippen molar-refractivity contribution in [2.45, 2.75) is 6.10 Å². The van der Waals surface area contributed by atoms with Gasteiger partial charge in [0.2, 0.25) is 6.10 Å². The molecule has 1 atom stereocenters. The summed E-state index contributed by atoms with van der Waals surface area (Å²) >= 11 is 5.27. The van der Waals surface area contributed by atoms with Gasteiger partial charge in [-0.25, -0.2) is 0 Å². The van der Waals surface area contributed by atoms with Crippen LogP contribution in [0.4, 0.5) is 0 Å². The number of nitrogens with one attached hydrogen (secondary N) is 2. The van der Waals surface area contributed by atoms with Crippen LogP contribution >= 0.6 is 11.6 Å². The molecule has 6 nitrogen and oxygen atoms in total. The molecule has 0 saturated heterocycles. The number of alkyl halides is 1. The van der Waals surface area contributed by atoms with Crippen molar-refractivity contribution in [3.63, 3.8) is 0 Å². The molecular weight excluding hydrogens is 260 g/mol. The van der Waals surface area contributed by atoms with Crippen molar-refractivity contribution in [3.05, 3.63) is 24.3 Å². The van der Waals surface area contributed by atoms with Crippen LogP contribution in [0.25, 0.3) is 0 Å². The summed E-state index contributed by atoms with van der Waals surface area (Å²) in [6.07, 6.45) is -0.810. The highest BCUT2D eigenvalue weighted by molar-refractivity contribution is 6.27. The van der Waals surface area contributed by atoms with Gasteiger partial charge < -0.3 is 9.47 Å². The number of carbonyl (C=O) groups excluding carboxylic acids is 2. The van der Waals surface area contributed by atoms with Gasteiger partial charge in [0.05, 0.1) is 0 Å². The van der Waals surface area contributed by atoms with Crippen LogP contribution in [0.2, 0.25) is 0 Å². The van der Waals surface area contributed by atoms with Gasteiger partial charge in [-0.15, -0.1) is 11.6 Å². The summed E-state index contributed by atoms with van der Waals surface area (Å²) < 4.78 is 10.8. The molecule has 2 rings (SSSR count). The molecular formula is C11H11ClN2O4. The van der Waals surface area contributed by atoms with E-state index in [1.165, 1.54) is 0 Å². The van der Waals surface area contributed by atoms with Crippen molar-refractivity contribution in [3.8, 4) is 11.5 Å². The van der Waals surface area contributed by atoms with Gasteiger partial charge in [0, 0.05) is 0 Å². The Morgan fingerprint density at radius 1 is 1.28 bits per heavy atom. The summed E-state index contributed by atoms with van der Waals surface area (Å²) in [6, 6.07) is 7.03. The van der Waals surface area contributed by atoms with Crippen molar-refractivity contribution in [1.29, 1.82) is 0 Å². The van der Waals surface area contributed by atoms with E-state index in [4.69, 9.17) is 21.1 Å². The Morgan fingerprint density at radius 3 is 2.72 bits per heavy atom. The van der Waals surface area contributed by atoms with E-state index in [9.17, 15) is 9.59 Å². The summed E-state index contributed by atoms with van der Waals surface area (Å²) in [5, 5.41) is 0. The SMILES string of the molecule is O=C(CCl)NNC(=O)C1COc2ccccc2O1. The van der Waals surface area contributed by atoms with Gasteiger partial charge in [-0.2, -0.15) is 0 Å².